The highest BCUT2D eigenvalue weighted by atomic mass is 32.2. The van der Waals surface area contributed by atoms with Crippen LogP contribution in [0.5, 0.6) is 0 Å². The van der Waals surface area contributed by atoms with Gasteiger partial charge in [-0.15, -0.1) is 0 Å². The van der Waals surface area contributed by atoms with Gasteiger partial charge in [-0.2, -0.15) is 11.3 Å². The molecule has 3 nitrogen and oxygen atoms in total. The monoisotopic (exact) mass is 329 g/mol. The molecule has 0 aliphatic rings. The molecule has 0 amide bonds. The predicted molar refractivity (Wildman–Crippen MR) is 91.7 cm³/mol. The number of nitrogens with one attached hydrogen (secondary N) is 1. The summed E-state index contributed by atoms with van der Waals surface area (Å²) in [5, 5.41) is 4.03. The fourth-order valence-electron chi connectivity index (χ4n) is 2.12. The molecule has 0 saturated carbocycles. The topological polar surface area (TPSA) is 46.2 Å². The summed E-state index contributed by atoms with van der Waals surface area (Å²) in [6, 6.07) is 16.2. The largest absolute Gasteiger partial charge is 0.280 e. The first kappa shape index (κ1) is 14.8. The second-order valence-corrected chi connectivity index (χ2v) is 7.47. The molecule has 0 saturated heterocycles. The third-order valence-corrected chi connectivity index (χ3v) is 5.38. The third-order valence-electron chi connectivity index (χ3n) is 3.30. The molecule has 3 rings (SSSR count). The highest BCUT2D eigenvalue weighted by Crippen LogP contribution is 2.26. The first-order valence-corrected chi connectivity index (χ1v) is 9.19. The van der Waals surface area contributed by atoms with E-state index in [4.69, 9.17) is 0 Å². The minimum atomic E-state index is -3.56. The van der Waals surface area contributed by atoms with Gasteiger partial charge in [-0.3, -0.25) is 4.72 Å². The summed E-state index contributed by atoms with van der Waals surface area (Å²) in [6.07, 6.45) is 0. The lowest BCUT2D eigenvalue weighted by atomic mass is 10.1. The molecule has 0 aliphatic carbocycles. The highest BCUT2D eigenvalue weighted by molar-refractivity contribution is 7.92. The number of sulfonamides is 1. The van der Waals surface area contributed by atoms with Crippen molar-refractivity contribution in [2.45, 2.75) is 11.8 Å². The van der Waals surface area contributed by atoms with Crippen LogP contribution in [-0.2, 0) is 10.0 Å². The van der Waals surface area contributed by atoms with Crippen molar-refractivity contribution >= 4 is 27.0 Å². The zero-order valence-electron chi connectivity index (χ0n) is 12.0. The Morgan fingerprint density at radius 1 is 0.955 bits per heavy atom. The molecule has 22 heavy (non-hydrogen) atoms. The van der Waals surface area contributed by atoms with E-state index in [9.17, 15) is 8.42 Å². The SMILES string of the molecule is Cc1ccc(S(=O)(=O)Nc2cccc(-c3ccsc3)c2)cc1. The summed E-state index contributed by atoms with van der Waals surface area (Å²) in [6.45, 7) is 1.92. The van der Waals surface area contributed by atoms with Crippen LogP contribution in [0.25, 0.3) is 11.1 Å². The molecule has 5 heteroatoms. The van der Waals surface area contributed by atoms with Crippen LogP contribution in [0.15, 0.2) is 70.3 Å². The summed E-state index contributed by atoms with van der Waals surface area (Å²) in [7, 11) is -3.56. The lowest BCUT2D eigenvalue weighted by Crippen LogP contribution is -2.12. The van der Waals surface area contributed by atoms with E-state index in [1.54, 1.807) is 41.7 Å². The number of rotatable bonds is 4. The first-order valence-electron chi connectivity index (χ1n) is 6.77. The minimum absolute atomic E-state index is 0.263. The first-order chi connectivity index (χ1) is 10.5. The summed E-state index contributed by atoms with van der Waals surface area (Å²) in [5.41, 5.74) is 3.66. The molecule has 0 atom stereocenters. The Morgan fingerprint density at radius 2 is 1.73 bits per heavy atom. The lowest BCUT2D eigenvalue weighted by Gasteiger charge is -2.09. The van der Waals surface area contributed by atoms with Crippen molar-refractivity contribution in [2.24, 2.45) is 0 Å². The Labute approximate surface area is 134 Å². The Bertz CT molecular complexity index is 867. The van der Waals surface area contributed by atoms with E-state index in [2.05, 4.69) is 4.72 Å². The molecular weight excluding hydrogens is 314 g/mol. The maximum Gasteiger partial charge on any atom is 0.261 e. The van der Waals surface area contributed by atoms with E-state index in [0.717, 1.165) is 16.7 Å². The number of hydrogen-bond acceptors (Lipinski definition) is 3. The Hall–Kier alpha value is -2.11. The van der Waals surface area contributed by atoms with Gasteiger partial charge < -0.3 is 0 Å². The smallest absolute Gasteiger partial charge is 0.261 e. The highest BCUT2D eigenvalue weighted by Gasteiger charge is 2.14. The summed E-state index contributed by atoms with van der Waals surface area (Å²) < 4.78 is 27.4. The minimum Gasteiger partial charge on any atom is -0.280 e. The van der Waals surface area contributed by atoms with Gasteiger partial charge in [0.15, 0.2) is 0 Å². The summed E-state index contributed by atoms with van der Waals surface area (Å²) in [4.78, 5) is 0.263. The van der Waals surface area contributed by atoms with Crippen molar-refractivity contribution in [3.63, 3.8) is 0 Å². The van der Waals surface area contributed by atoms with Gasteiger partial charge in [0.2, 0.25) is 0 Å². The molecule has 0 aliphatic heterocycles. The third kappa shape index (κ3) is 3.21. The number of aryl methyl sites for hydroxylation is 1. The molecule has 2 aromatic carbocycles. The van der Waals surface area contributed by atoms with Crippen LogP contribution in [0.1, 0.15) is 5.56 Å². The van der Waals surface area contributed by atoms with Crippen molar-refractivity contribution in [1.82, 2.24) is 0 Å². The standard InChI is InChI=1S/C17H15NO2S2/c1-13-5-7-17(8-6-13)22(19,20)18-16-4-2-3-14(11-16)15-9-10-21-12-15/h2-12,18H,1H3. The van der Waals surface area contributed by atoms with E-state index in [-0.39, 0.29) is 4.90 Å². The molecule has 1 N–H and O–H groups in total. The fourth-order valence-corrected chi connectivity index (χ4v) is 3.84. The van der Waals surface area contributed by atoms with Gasteiger partial charge in [0.1, 0.15) is 0 Å². The summed E-state index contributed by atoms with van der Waals surface area (Å²) >= 11 is 1.61. The second-order valence-electron chi connectivity index (χ2n) is 5.01. The Morgan fingerprint density at radius 3 is 2.41 bits per heavy atom. The molecule has 3 aromatic rings. The van der Waals surface area contributed by atoms with Crippen LogP contribution < -0.4 is 4.72 Å². The molecule has 0 radical (unpaired) electrons. The average Bonchev–Trinajstić information content (AvgIpc) is 3.02. The maximum atomic E-state index is 12.4. The average molecular weight is 329 g/mol. The molecule has 0 bridgehead atoms. The molecule has 1 heterocycles. The van der Waals surface area contributed by atoms with Crippen molar-refractivity contribution in [1.29, 1.82) is 0 Å². The Balaban J connectivity index is 1.89. The van der Waals surface area contributed by atoms with Crippen LogP contribution in [0.2, 0.25) is 0 Å². The van der Waals surface area contributed by atoms with Crippen LogP contribution in [-0.4, -0.2) is 8.42 Å². The van der Waals surface area contributed by atoms with Gasteiger partial charge in [-0.25, -0.2) is 8.42 Å². The number of thiophene rings is 1. The van der Waals surface area contributed by atoms with E-state index in [1.165, 1.54) is 0 Å². The van der Waals surface area contributed by atoms with Crippen LogP contribution in [0.4, 0.5) is 5.69 Å². The fraction of sp³-hybridized carbons (Fsp3) is 0.0588. The Kier molecular flexibility index (Phi) is 4.00. The van der Waals surface area contributed by atoms with Crippen LogP contribution in [0.3, 0.4) is 0 Å². The van der Waals surface area contributed by atoms with E-state index >= 15 is 0 Å². The molecule has 112 valence electrons. The van der Waals surface area contributed by atoms with Gasteiger partial charge in [-0.1, -0.05) is 29.8 Å². The normalized spacial score (nSPS) is 11.3. The number of anilines is 1. The van der Waals surface area contributed by atoms with Gasteiger partial charge in [0, 0.05) is 5.69 Å². The van der Waals surface area contributed by atoms with Crippen molar-refractivity contribution in [3.05, 3.63) is 70.9 Å². The van der Waals surface area contributed by atoms with E-state index < -0.39 is 10.0 Å². The van der Waals surface area contributed by atoms with Crippen LogP contribution in [0, 0.1) is 6.92 Å². The number of hydrogen-bond donors (Lipinski definition) is 1. The maximum absolute atomic E-state index is 12.4. The van der Waals surface area contributed by atoms with E-state index in [0.29, 0.717) is 5.69 Å². The predicted octanol–water partition coefficient (Wildman–Crippen LogP) is 4.52. The molecular formula is C17H15NO2S2. The van der Waals surface area contributed by atoms with Crippen molar-refractivity contribution in [2.75, 3.05) is 4.72 Å². The second kappa shape index (κ2) is 5.94. The van der Waals surface area contributed by atoms with E-state index in [1.807, 2.05) is 41.9 Å². The van der Waals surface area contributed by atoms with Crippen molar-refractivity contribution in [3.8, 4) is 11.1 Å². The van der Waals surface area contributed by atoms with Gasteiger partial charge in [-0.05, 0) is 59.1 Å². The van der Waals surface area contributed by atoms with Gasteiger partial charge in [0.25, 0.3) is 10.0 Å². The van der Waals surface area contributed by atoms with Gasteiger partial charge in [0.05, 0.1) is 4.90 Å². The summed E-state index contributed by atoms with van der Waals surface area (Å²) in [5.74, 6) is 0. The molecule has 0 spiro atoms. The number of benzene rings is 2. The zero-order valence-corrected chi connectivity index (χ0v) is 13.6. The molecule has 1 aromatic heterocycles. The van der Waals surface area contributed by atoms with Gasteiger partial charge >= 0.3 is 0 Å². The van der Waals surface area contributed by atoms with Crippen LogP contribution >= 0.6 is 11.3 Å². The quantitative estimate of drug-likeness (QED) is 0.764. The zero-order chi connectivity index (χ0) is 15.6. The lowest BCUT2D eigenvalue weighted by molar-refractivity contribution is 0.601. The molecule has 0 unspecified atom stereocenters. The molecule has 0 fully saturated rings. The van der Waals surface area contributed by atoms with Crippen molar-refractivity contribution < 1.29 is 8.42 Å².